The van der Waals surface area contributed by atoms with Gasteiger partial charge in [-0.3, -0.25) is 4.79 Å². The van der Waals surface area contributed by atoms with Crippen molar-refractivity contribution < 1.29 is 22.4 Å². The molecule has 0 aromatic carbocycles. The lowest BCUT2D eigenvalue weighted by atomic mass is 10.2. The van der Waals surface area contributed by atoms with E-state index in [-0.39, 0.29) is 13.1 Å². The normalized spacial score (nSPS) is 13.7. The first-order valence-electron chi connectivity index (χ1n) is 4.33. The second-order valence-corrected chi connectivity index (χ2v) is 5.18. The van der Waals surface area contributed by atoms with E-state index in [1.165, 1.54) is 19.7 Å². The fourth-order valence-corrected chi connectivity index (χ4v) is 1.76. The molecule has 0 spiro atoms. The molecule has 8 heteroatoms. The maximum Gasteiger partial charge on any atom is 0.293 e. The summed E-state index contributed by atoms with van der Waals surface area (Å²) in [5.41, 5.74) is 0.384. The molecule has 1 aromatic heterocycles. The molecular weight excluding hydrogens is 236 g/mol. The van der Waals surface area contributed by atoms with Crippen LogP contribution in [0.2, 0.25) is 0 Å². The zero-order chi connectivity index (χ0) is 12.2. The van der Waals surface area contributed by atoms with Crippen LogP contribution in [0.4, 0.5) is 0 Å². The summed E-state index contributed by atoms with van der Waals surface area (Å²) >= 11 is 0. The third-order valence-electron chi connectivity index (χ3n) is 2.08. The summed E-state index contributed by atoms with van der Waals surface area (Å²) in [6.07, 6.45) is 3.54. The van der Waals surface area contributed by atoms with Crippen molar-refractivity contribution in [1.29, 1.82) is 0 Å². The minimum absolute atomic E-state index is 0.112. The minimum Gasteiger partial charge on any atom is -0.466 e. The first-order valence-corrected chi connectivity index (χ1v) is 6.18. The molecule has 0 aliphatic rings. The van der Waals surface area contributed by atoms with E-state index in [0.29, 0.717) is 5.69 Å². The van der Waals surface area contributed by atoms with Crippen molar-refractivity contribution in [3.8, 4) is 0 Å². The molecule has 1 atom stereocenters. The summed E-state index contributed by atoms with van der Waals surface area (Å²) in [7, 11) is -2.02. The van der Waals surface area contributed by atoms with E-state index in [9.17, 15) is 13.2 Å². The maximum absolute atomic E-state index is 11.4. The van der Waals surface area contributed by atoms with Crippen molar-refractivity contribution in [2.24, 2.45) is 0 Å². The van der Waals surface area contributed by atoms with Gasteiger partial charge in [0.15, 0.2) is 6.39 Å². The number of ether oxygens (including phenoxy) is 1. The fraction of sp³-hybridized carbons (Fsp3) is 0.500. The number of nitrogens with zero attached hydrogens (tertiary/aromatic N) is 2. The van der Waals surface area contributed by atoms with Gasteiger partial charge in [-0.2, -0.15) is 4.31 Å². The van der Waals surface area contributed by atoms with Gasteiger partial charge in [-0.05, 0) is 0 Å². The molecule has 0 saturated heterocycles. The molecule has 1 unspecified atom stereocenters. The van der Waals surface area contributed by atoms with Crippen molar-refractivity contribution >= 4 is 16.5 Å². The van der Waals surface area contributed by atoms with Gasteiger partial charge in [-0.15, -0.1) is 0 Å². The molecule has 90 valence electrons. The number of hydrogen-bond donors (Lipinski definition) is 0. The van der Waals surface area contributed by atoms with E-state index in [1.807, 2.05) is 0 Å². The Balaban J connectivity index is 2.92. The molecule has 0 radical (unpaired) electrons. The van der Waals surface area contributed by atoms with E-state index in [2.05, 4.69) is 9.72 Å². The first-order chi connectivity index (χ1) is 7.46. The average Bonchev–Trinajstić information content (AvgIpc) is 2.70. The van der Waals surface area contributed by atoms with E-state index in [1.54, 1.807) is 0 Å². The van der Waals surface area contributed by atoms with Gasteiger partial charge in [0.25, 0.3) is 6.47 Å². The second kappa shape index (κ2) is 5.08. The Labute approximate surface area is 93.1 Å². The highest BCUT2D eigenvalue weighted by atomic mass is 32.2. The summed E-state index contributed by atoms with van der Waals surface area (Å²) in [6.45, 7) is 0.142. The maximum atomic E-state index is 11.4. The van der Waals surface area contributed by atoms with Gasteiger partial charge >= 0.3 is 0 Å². The van der Waals surface area contributed by atoms with Gasteiger partial charge < -0.3 is 9.15 Å². The number of carbonyl (C=O) groups excluding carboxylic acids is 1. The van der Waals surface area contributed by atoms with Crippen molar-refractivity contribution in [3.05, 3.63) is 18.4 Å². The Morgan fingerprint density at radius 1 is 1.69 bits per heavy atom. The number of oxazole rings is 1. The van der Waals surface area contributed by atoms with Crippen LogP contribution in [0.15, 0.2) is 17.1 Å². The van der Waals surface area contributed by atoms with Gasteiger partial charge in [0.2, 0.25) is 10.0 Å². The molecule has 0 saturated carbocycles. The third kappa shape index (κ3) is 3.04. The van der Waals surface area contributed by atoms with E-state index in [4.69, 9.17) is 4.42 Å². The molecular formula is C8H12N2O5S. The van der Waals surface area contributed by atoms with Crippen LogP contribution in [0.25, 0.3) is 0 Å². The van der Waals surface area contributed by atoms with Crippen LogP contribution in [-0.2, 0) is 19.6 Å². The zero-order valence-electron chi connectivity index (χ0n) is 8.86. The van der Waals surface area contributed by atoms with E-state index >= 15 is 0 Å². The number of carbonyl (C=O) groups is 1. The quantitative estimate of drug-likeness (QED) is 0.646. The summed E-state index contributed by atoms with van der Waals surface area (Å²) in [5, 5.41) is 0. The van der Waals surface area contributed by atoms with Crippen molar-refractivity contribution in [1.82, 2.24) is 9.29 Å². The van der Waals surface area contributed by atoms with Crippen LogP contribution in [0, 0.1) is 0 Å². The van der Waals surface area contributed by atoms with Crippen LogP contribution in [0.3, 0.4) is 0 Å². The Morgan fingerprint density at radius 3 is 2.81 bits per heavy atom. The van der Waals surface area contributed by atoms with Crippen molar-refractivity contribution in [3.63, 3.8) is 0 Å². The predicted octanol–water partition coefficient (Wildman–Crippen LogP) is -0.220. The highest BCUT2D eigenvalue weighted by molar-refractivity contribution is 7.88. The van der Waals surface area contributed by atoms with Crippen LogP contribution in [0.1, 0.15) is 11.7 Å². The first kappa shape index (κ1) is 12.7. The van der Waals surface area contributed by atoms with Crippen molar-refractivity contribution in [2.75, 3.05) is 19.9 Å². The lowest BCUT2D eigenvalue weighted by molar-refractivity contribution is -0.129. The van der Waals surface area contributed by atoms with Crippen LogP contribution >= 0.6 is 0 Å². The Hall–Kier alpha value is -1.41. The van der Waals surface area contributed by atoms with Gasteiger partial charge in [0.05, 0.1) is 6.26 Å². The molecule has 7 nitrogen and oxygen atoms in total. The topological polar surface area (TPSA) is 89.7 Å². The molecule has 1 rings (SSSR count). The summed E-state index contributed by atoms with van der Waals surface area (Å²) in [4.78, 5) is 14.0. The molecule has 0 fully saturated rings. The third-order valence-corrected chi connectivity index (χ3v) is 3.38. The second-order valence-electron chi connectivity index (χ2n) is 3.14. The molecule has 0 amide bonds. The summed E-state index contributed by atoms with van der Waals surface area (Å²) in [6, 6.07) is -0.682. The number of rotatable bonds is 6. The Kier molecular flexibility index (Phi) is 4.02. The minimum atomic E-state index is -3.40. The van der Waals surface area contributed by atoms with Gasteiger partial charge in [-0.25, -0.2) is 13.4 Å². The summed E-state index contributed by atoms with van der Waals surface area (Å²) < 4.78 is 33.1. The Morgan fingerprint density at radius 2 is 2.38 bits per heavy atom. The monoisotopic (exact) mass is 248 g/mol. The molecule has 1 heterocycles. The average molecular weight is 248 g/mol. The van der Waals surface area contributed by atoms with E-state index < -0.39 is 16.1 Å². The standard InChI is InChI=1S/C8H12N2O5S/c1-10(16(2,12)13)8(4-15-6-11)7-3-14-5-9-7/h3,5-6,8H,4H2,1-2H3. The van der Waals surface area contributed by atoms with Crippen LogP contribution in [0.5, 0.6) is 0 Å². The molecule has 16 heavy (non-hydrogen) atoms. The van der Waals surface area contributed by atoms with Gasteiger partial charge in [0, 0.05) is 7.05 Å². The molecule has 1 aromatic rings. The zero-order valence-corrected chi connectivity index (χ0v) is 9.68. The van der Waals surface area contributed by atoms with Gasteiger partial charge in [-0.1, -0.05) is 0 Å². The number of likely N-dealkylation sites (N-methyl/N-ethyl adjacent to an activating group) is 1. The lowest BCUT2D eigenvalue weighted by Gasteiger charge is -2.23. The molecule has 0 aliphatic carbocycles. The number of aromatic nitrogens is 1. The predicted molar refractivity (Wildman–Crippen MR) is 53.9 cm³/mol. The molecule has 0 N–H and O–H groups in total. The van der Waals surface area contributed by atoms with Crippen LogP contribution in [-0.4, -0.2) is 44.1 Å². The fourth-order valence-electron chi connectivity index (χ4n) is 1.12. The van der Waals surface area contributed by atoms with Crippen LogP contribution < -0.4 is 0 Å². The smallest absolute Gasteiger partial charge is 0.293 e. The largest absolute Gasteiger partial charge is 0.466 e. The molecule has 0 aliphatic heterocycles. The summed E-state index contributed by atoms with van der Waals surface area (Å²) in [5.74, 6) is 0. The van der Waals surface area contributed by atoms with E-state index in [0.717, 1.165) is 10.6 Å². The Bertz CT molecular complexity index is 427. The highest BCUT2D eigenvalue weighted by Crippen LogP contribution is 2.20. The number of sulfonamides is 1. The lowest BCUT2D eigenvalue weighted by Crippen LogP contribution is -2.33. The number of hydrogen-bond acceptors (Lipinski definition) is 6. The molecule has 0 bridgehead atoms. The highest BCUT2D eigenvalue weighted by Gasteiger charge is 2.26. The SMILES string of the molecule is CN(C(COC=O)c1cocn1)S(C)(=O)=O. The van der Waals surface area contributed by atoms with Crippen molar-refractivity contribution in [2.45, 2.75) is 6.04 Å². The van der Waals surface area contributed by atoms with Gasteiger partial charge in [0.1, 0.15) is 24.6 Å².